The summed E-state index contributed by atoms with van der Waals surface area (Å²) in [6.07, 6.45) is 0.616. The first-order chi connectivity index (χ1) is 12.5. The normalized spacial score (nSPS) is 12.6. The number of hydrogen-bond acceptors (Lipinski definition) is 5. The highest BCUT2D eigenvalue weighted by Crippen LogP contribution is 2.38. The zero-order valence-corrected chi connectivity index (χ0v) is 14.6. The number of nitrogens with zero attached hydrogens (tertiary/aromatic N) is 3. The summed E-state index contributed by atoms with van der Waals surface area (Å²) >= 11 is 1.21. The van der Waals surface area contributed by atoms with E-state index < -0.39 is 12.0 Å². The molecule has 1 atom stereocenters. The summed E-state index contributed by atoms with van der Waals surface area (Å²) in [5.74, 6) is -0.610. The van der Waals surface area contributed by atoms with E-state index in [1.54, 1.807) is 25.3 Å². The van der Waals surface area contributed by atoms with Gasteiger partial charge in [-0.15, -0.1) is 0 Å². The Hall–Kier alpha value is -2.94. The van der Waals surface area contributed by atoms with Crippen LogP contribution in [-0.2, 0) is 4.79 Å². The van der Waals surface area contributed by atoms with E-state index >= 15 is 0 Å². The maximum atomic E-state index is 14.9. The molecule has 9 heteroatoms. The highest BCUT2D eigenvalue weighted by atomic mass is 32.1. The van der Waals surface area contributed by atoms with Gasteiger partial charge in [0.15, 0.2) is 5.13 Å². The lowest BCUT2D eigenvalue weighted by atomic mass is 9.95. The molecule has 4 aromatic rings. The lowest BCUT2D eigenvalue weighted by Gasteiger charge is -2.14. The Morgan fingerprint density at radius 1 is 1.35 bits per heavy atom. The van der Waals surface area contributed by atoms with E-state index in [4.69, 9.17) is 0 Å². The number of aromatic amines is 1. The third-order valence-corrected chi connectivity index (χ3v) is 5.11. The summed E-state index contributed by atoms with van der Waals surface area (Å²) in [7, 11) is 0. The minimum Gasteiger partial charge on any atom is -0.305 e. The van der Waals surface area contributed by atoms with Crippen LogP contribution in [0.15, 0.2) is 18.3 Å². The van der Waals surface area contributed by atoms with Crippen LogP contribution >= 0.6 is 11.3 Å². The molecule has 4 rings (SSSR count). The van der Waals surface area contributed by atoms with E-state index in [-0.39, 0.29) is 5.56 Å². The van der Waals surface area contributed by atoms with Crippen molar-refractivity contribution in [1.82, 2.24) is 20.2 Å². The molecule has 0 bridgehead atoms. The third-order valence-electron chi connectivity index (χ3n) is 4.21. The molecule has 1 amide bonds. The summed E-state index contributed by atoms with van der Waals surface area (Å²) in [6.45, 7) is 2.89. The molecule has 0 radical (unpaired) electrons. The summed E-state index contributed by atoms with van der Waals surface area (Å²) in [5, 5.41) is 10.2. The summed E-state index contributed by atoms with van der Waals surface area (Å²) in [5.41, 5.74) is 2.30. The zero-order chi connectivity index (χ0) is 18.4. The molecule has 0 saturated heterocycles. The van der Waals surface area contributed by atoms with Crippen LogP contribution < -0.4 is 5.32 Å². The number of thiazole rings is 1. The summed E-state index contributed by atoms with van der Waals surface area (Å²) < 4.78 is 28.8. The van der Waals surface area contributed by atoms with Crippen molar-refractivity contribution in [3.8, 4) is 11.3 Å². The predicted molar refractivity (Wildman–Crippen MR) is 96.4 cm³/mol. The minimum absolute atomic E-state index is 0.0323. The number of aromatic nitrogens is 4. The molecular formula is C17H13F2N5OS. The van der Waals surface area contributed by atoms with Gasteiger partial charge in [-0.1, -0.05) is 11.3 Å². The van der Waals surface area contributed by atoms with Crippen LogP contribution in [0.5, 0.6) is 0 Å². The molecule has 6 nitrogen and oxygen atoms in total. The Morgan fingerprint density at radius 2 is 2.15 bits per heavy atom. The summed E-state index contributed by atoms with van der Waals surface area (Å²) in [4.78, 5) is 20.0. The van der Waals surface area contributed by atoms with Gasteiger partial charge in [-0.3, -0.25) is 9.89 Å². The number of benzene rings is 1. The van der Waals surface area contributed by atoms with Crippen molar-refractivity contribution < 1.29 is 13.6 Å². The first-order valence-electron chi connectivity index (χ1n) is 7.78. The van der Waals surface area contributed by atoms with Crippen molar-refractivity contribution in [2.24, 2.45) is 0 Å². The molecule has 0 aliphatic carbocycles. The van der Waals surface area contributed by atoms with E-state index in [2.05, 4.69) is 25.5 Å². The second-order valence-corrected chi connectivity index (χ2v) is 6.78. The van der Waals surface area contributed by atoms with E-state index in [0.717, 1.165) is 0 Å². The van der Waals surface area contributed by atoms with Crippen LogP contribution in [0.3, 0.4) is 0 Å². The fraction of sp³-hybridized carbons (Fsp3) is 0.176. The van der Waals surface area contributed by atoms with Gasteiger partial charge in [0.2, 0.25) is 6.41 Å². The molecule has 0 aliphatic heterocycles. The fourth-order valence-electron chi connectivity index (χ4n) is 3.08. The van der Waals surface area contributed by atoms with E-state index in [1.165, 1.54) is 18.3 Å². The van der Waals surface area contributed by atoms with E-state index in [9.17, 15) is 13.6 Å². The van der Waals surface area contributed by atoms with Crippen molar-refractivity contribution in [1.29, 1.82) is 0 Å². The van der Waals surface area contributed by atoms with Gasteiger partial charge in [0.25, 0.3) is 0 Å². The number of alkyl halides is 1. The molecule has 132 valence electrons. The number of rotatable bonds is 4. The minimum atomic E-state index is -1.47. The Labute approximate surface area is 150 Å². The van der Waals surface area contributed by atoms with Crippen molar-refractivity contribution in [2.75, 3.05) is 5.32 Å². The Morgan fingerprint density at radius 3 is 2.88 bits per heavy atom. The number of carbonyl (C=O) groups excluding carboxylic acids is 1. The quantitative estimate of drug-likeness (QED) is 0.523. The second-order valence-electron chi connectivity index (χ2n) is 5.80. The van der Waals surface area contributed by atoms with Gasteiger partial charge < -0.3 is 5.32 Å². The number of amides is 1. The largest absolute Gasteiger partial charge is 0.305 e. The van der Waals surface area contributed by atoms with Crippen molar-refractivity contribution in [2.45, 2.75) is 20.0 Å². The van der Waals surface area contributed by atoms with Crippen molar-refractivity contribution >= 4 is 44.1 Å². The standard InChI is InChI=1S/C17H13F2N5OS/c1-7-12(9-5-21-24-15(9)13(8(2)18)14(7)19)10-3-4-11-16(22-10)26-17(23-11)20-6-25/h3-6,8H,1-2H3,(H,21,24)(H,20,23,25). The third kappa shape index (κ3) is 2.43. The molecule has 3 aromatic heterocycles. The molecule has 0 spiro atoms. The van der Waals surface area contributed by atoms with Crippen molar-refractivity contribution in [3.05, 3.63) is 35.3 Å². The number of fused-ring (bicyclic) bond motifs is 2. The molecular weight excluding hydrogens is 360 g/mol. The fourth-order valence-corrected chi connectivity index (χ4v) is 3.87. The lowest BCUT2D eigenvalue weighted by molar-refractivity contribution is -0.105. The molecule has 2 N–H and O–H groups in total. The number of H-pyrrole nitrogens is 1. The van der Waals surface area contributed by atoms with E-state index in [0.29, 0.717) is 49.6 Å². The molecule has 0 fully saturated rings. The van der Waals surface area contributed by atoms with E-state index in [1.807, 2.05) is 0 Å². The zero-order valence-electron chi connectivity index (χ0n) is 13.8. The van der Waals surface area contributed by atoms with Crippen LogP contribution in [0.2, 0.25) is 0 Å². The predicted octanol–water partition coefficient (Wildman–Crippen LogP) is 4.28. The van der Waals surface area contributed by atoms with Gasteiger partial charge in [-0.05, 0) is 31.5 Å². The monoisotopic (exact) mass is 373 g/mol. The number of nitrogens with one attached hydrogen (secondary N) is 2. The van der Waals surface area contributed by atoms with Gasteiger partial charge in [0, 0.05) is 16.5 Å². The average Bonchev–Trinajstić information content (AvgIpc) is 3.21. The van der Waals surface area contributed by atoms with Gasteiger partial charge in [-0.2, -0.15) is 5.10 Å². The molecule has 1 aromatic carbocycles. The smallest absolute Gasteiger partial charge is 0.213 e. The van der Waals surface area contributed by atoms with Gasteiger partial charge in [0.05, 0.1) is 17.4 Å². The number of halogens is 2. The van der Waals surface area contributed by atoms with Gasteiger partial charge >= 0.3 is 0 Å². The molecule has 0 aliphatic rings. The number of carbonyl (C=O) groups is 1. The van der Waals surface area contributed by atoms with Gasteiger partial charge in [-0.25, -0.2) is 18.7 Å². The molecule has 26 heavy (non-hydrogen) atoms. The van der Waals surface area contributed by atoms with Crippen molar-refractivity contribution in [3.63, 3.8) is 0 Å². The van der Waals surface area contributed by atoms with Crippen LogP contribution in [0.1, 0.15) is 24.2 Å². The highest BCUT2D eigenvalue weighted by molar-refractivity contribution is 7.21. The highest BCUT2D eigenvalue weighted by Gasteiger charge is 2.23. The lowest BCUT2D eigenvalue weighted by Crippen LogP contribution is -2.00. The number of pyridine rings is 1. The topological polar surface area (TPSA) is 83.6 Å². The number of anilines is 1. The first-order valence-corrected chi connectivity index (χ1v) is 8.60. The van der Waals surface area contributed by atoms with Crippen LogP contribution in [0.4, 0.5) is 13.9 Å². The molecule has 1 unspecified atom stereocenters. The maximum absolute atomic E-state index is 14.9. The second kappa shape index (κ2) is 6.10. The van der Waals surface area contributed by atoms with Gasteiger partial charge in [0.1, 0.15) is 22.3 Å². The Kier molecular flexibility index (Phi) is 3.87. The van der Waals surface area contributed by atoms with Crippen LogP contribution in [-0.4, -0.2) is 26.6 Å². The maximum Gasteiger partial charge on any atom is 0.213 e. The summed E-state index contributed by atoms with van der Waals surface area (Å²) in [6, 6.07) is 3.47. The molecule has 0 saturated carbocycles. The van der Waals surface area contributed by atoms with Crippen LogP contribution in [0, 0.1) is 12.7 Å². The van der Waals surface area contributed by atoms with Crippen LogP contribution in [0.25, 0.3) is 32.5 Å². The SMILES string of the molecule is Cc1c(F)c(C(C)F)c2[nH]ncc2c1-c1ccc2nc(NC=O)sc2n1. The Balaban J connectivity index is 1.98. The Bertz CT molecular complexity index is 1150. The first kappa shape index (κ1) is 16.5. The number of hydrogen-bond donors (Lipinski definition) is 2. The average molecular weight is 373 g/mol. The molecule has 3 heterocycles.